The number of benzene rings is 1. The van der Waals surface area contributed by atoms with Crippen molar-refractivity contribution < 1.29 is 13.2 Å². The van der Waals surface area contributed by atoms with E-state index in [9.17, 15) is 8.42 Å². The smallest absolute Gasteiger partial charge is 0.213 e. The maximum absolute atomic E-state index is 11.0. The molecule has 1 unspecified atom stereocenters. The summed E-state index contributed by atoms with van der Waals surface area (Å²) in [6, 6.07) is 7.44. The van der Waals surface area contributed by atoms with E-state index in [4.69, 9.17) is 9.88 Å². The van der Waals surface area contributed by atoms with E-state index in [-0.39, 0.29) is 11.8 Å². The lowest BCUT2D eigenvalue weighted by molar-refractivity contribution is 0.171. The molecule has 19 heavy (non-hydrogen) atoms. The van der Waals surface area contributed by atoms with Crippen LogP contribution in [0.5, 0.6) is 0 Å². The van der Waals surface area contributed by atoms with Crippen LogP contribution in [0.15, 0.2) is 24.3 Å². The van der Waals surface area contributed by atoms with Gasteiger partial charge in [0.2, 0.25) is 10.0 Å². The number of rotatable bonds is 7. The van der Waals surface area contributed by atoms with E-state index in [0.29, 0.717) is 18.1 Å². The molecular formula is C13H22N2O3S. The first-order chi connectivity index (χ1) is 8.81. The van der Waals surface area contributed by atoms with Crippen LogP contribution < -0.4 is 10.5 Å². The predicted octanol–water partition coefficient (Wildman–Crippen LogP) is 1.56. The normalized spacial score (nSPS) is 13.5. The Hall–Kier alpha value is -1.11. The van der Waals surface area contributed by atoms with Gasteiger partial charge in [0.25, 0.3) is 0 Å². The molecule has 3 N–H and O–H groups in total. The molecule has 1 rings (SSSR count). The van der Waals surface area contributed by atoms with Crippen molar-refractivity contribution in [1.29, 1.82) is 0 Å². The lowest BCUT2D eigenvalue weighted by atomic mass is 10.0. The molecule has 0 aliphatic rings. The summed E-state index contributed by atoms with van der Waals surface area (Å²) >= 11 is 0. The molecule has 1 aromatic rings. The molecule has 0 spiro atoms. The van der Waals surface area contributed by atoms with Gasteiger partial charge in [0, 0.05) is 12.8 Å². The molecule has 0 bridgehead atoms. The lowest BCUT2D eigenvalue weighted by Gasteiger charge is -2.22. The number of sulfonamides is 1. The van der Waals surface area contributed by atoms with E-state index < -0.39 is 10.0 Å². The van der Waals surface area contributed by atoms with Crippen LogP contribution in [0.1, 0.15) is 19.4 Å². The van der Waals surface area contributed by atoms with Crippen LogP contribution >= 0.6 is 0 Å². The Morgan fingerprint density at radius 1 is 1.26 bits per heavy atom. The molecule has 5 nitrogen and oxygen atoms in total. The number of nitrogens with two attached hydrogens (primary N) is 1. The minimum absolute atomic E-state index is 0.140. The summed E-state index contributed by atoms with van der Waals surface area (Å²) in [6.07, 6.45) is 0. The second-order valence-corrected chi connectivity index (χ2v) is 6.57. The maximum Gasteiger partial charge on any atom is 0.213 e. The fourth-order valence-corrected chi connectivity index (χ4v) is 2.38. The largest absolute Gasteiger partial charge is 0.383 e. The third-order valence-corrected chi connectivity index (χ3v) is 3.56. The number of primary sulfonamides is 1. The van der Waals surface area contributed by atoms with Crippen molar-refractivity contribution in [3.63, 3.8) is 0 Å². The molecule has 0 saturated heterocycles. The van der Waals surface area contributed by atoms with Crippen LogP contribution in [-0.2, 0) is 20.5 Å². The summed E-state index contributed by atoms with van der Waals surface area (Å²) in [6.45, 7) is 4.86. The van der Waals surface area contributed by atoms with E-state index in [1.54, 1.807) is 19.2 Å². The van der Waals surface area contributed by atoms with Gasteiger partial charge in [-0.25, -0.2) is 13.6 Å². The lowest BCUT2D eigenvalue weighted by Crippen LogP contribution is -2.30. The van der Waals surface area contributed by atoms with Gasteiger partial charge in [-0.2, -0.15) is 0 Å². The highest BCUT2D eigenvalue weighted by molar-refractivity contribution is 7.88. The average molecular weight is 286 g/mol. The Morgan fingerprint density at radius 2 is 1.84 bits per heavy atom. The van der Waals surface area contributed by atoms with Crippen molar-refractivity contribution in [3.8, 4) is 0 Å². The summed E-state index contributed by atoms with van der Waals surface area (Å²) in [5.41, 5.74) is 1.62. The number of ether oxygens (including phenoxy) is 1. The Balaban J connectivity index is 2.70. The predicted molar refractivity (Wildman–Crippen MR) is 77.4 cm³/mol. The Morgan fingerprint density at radius 3 is 2.26 bits per heavy atom. The Kier molecular flexibility index (Phi) is 5.78. The van der Waals surface area contributed by atoms with Gasteiger partial charge in [0.1, 0.15) is 0 Å². The quantitative estimate of drug-likeness (QED) is 0.797. The van der Waals surface area contributed by atoms with Gasteiger partial charge >= 0.3 is 0 Å². The zero-order chi connectivity index (χ0) is 14.5. The highest BCUT2D eigenvalue weighted by Gasteiger charge is 2.12. The summed E-state index contributed by atoms with van der Waals surface area (Å²) in [5, 5.41) is 8.37. The molecule has 0 heterocycles. The van der Waals surface area contributed by atoms with Crippen molar-refractivity contribution in [2.75, 3.05) is 19.0 Å². The molecule has 1 aromatic carbocycles. The van der Waals surface area contributed by atoms with Crippen molar-refractivity contribution in [2.24, 2.45) is 11.1 Å². The second-order valence-electron chi connectivity index (χ2n) is 4.95. The third kappa shape index (κ3) is 6.04. The summed E-state index contributed by atoms with van der Waals surface area (Å²) in [7, 11) is -1.80. The average Bonchev–Trinajstić information content (AvgIpc) is 2.29. The Bertz CT molecular complexity index is 483. The molecule has 0 aromatic heterocycles. The number of hydrogen-bond donors (Lipinski definition) is 2. The fourth-order valence-electron chi connectivity index (χ4n) is 1.72. The first-order valence-corrected chi connectivity index (χ1v) is 7.88. The van der Waals surface area contributed by atoms with Crippen molar-refractivity contribution in [3.05, 3.63) is 29.8 Å². The number of nitrogens with one attached hydrogen (secondary N) is 1. The zero-order valence-electron chi connectivity index (χ0n) is 11.6. The van der Waals surface area contributed by atoms with E-state index in [1.165, 1.54) is 0 Å². The van der Waals surface area contributed by atoms with Gasteiger partial charge in [0.05, 0.1) is 18.4 Å². The topological polar surface area (TPSA) is 81.4 Å². The van der Waals surface area contributed by atoms with Crippen molar-refractivity contribution in [2.45, 2.75) is 25.6 Å². The molecule has 0 amide bonds. The Labute approximate surface area is 115 Å². The second kappa shape index (κ2) is 6.88. The third-order valence-electron chi connectivity index (χ3n) is 2.82. The first kappa shape index (κ1) is 15.9. The standard InChI is InChI=1S/C13H22N2O3S/c1-10(2)13(8-18-3)15-12-6-4-11(5-7-12)9-19(14,16)17/h4-7,10,13,15H,8-9H2,1-3H3,(H2,14,16,17). The van der Waals surface area contributed by atoms with E-state index in [0.717, 1.165) is 5.69 Å². The molecule has 108 valence electrons. The molecule has 0 fully saturated rings. The fraction of sp³-hybridized carbons (Fsp3) is 0.538. The molecule has 0 aliphatic carbocycles. The van der Waals surface area contributed by atoms with E-state index in [2.05, 4.69) is 19.2 Å². The minimum atomic E-state index is -3.48. The molecule has 0 saturated carbocycles. The summed E-state index contributed by atoms with van der Waals surface area (Å²) in [4.78, 5) is 0. The molecule has 6 heteroatoms. The maximum atomic E-state index is 11.0. The van der Waals surface area contributed by atoms with Gasteiger partial charge in [0.15, 0.2) is 0 Å². The van der Waals surface area contributed by atoms with E-state index >= 15 is 0 Å². The minimum Gasteiger partial charge on any atom is -0.383 e. The van der Waals surface area contributed by atoms with Crippen LogP contribution in [0.2, 0.25) is 0 Å². The monoisotopic (exact) mass is 286 g/mol. The first-order valence-electron chi connectivity index (χ1n) is 6.16. The highest BCUT2D eigenvalue weighted by Crippen LogP contribution is 2.15. The van der Waals surface area contributed by atoms with Gasteiger partial charge in [-0.3, -0.25) is 0 Å². The molecular weight excluding hydrogens is 264 g/mol. The summed E-state index contributed by atoms with van der Waals surface area (Å²) < 4.78 is 27.1. The molecule has 1 atom stereocenters. The van der Waals surface area contributed by atoms with Gasteiger partial charge < -0.3 is 10.1 Å². The van der Waals surface area contributed by atoms with Crippen LogP contribution in [-0.4, -0.2) is 28.2 Å². The van der Waals surface area contributed by atoms with Gasteiger partial charge in [-0.1, -0.05) is 26.0 Å². The zero-order valence-corrected chi connectivity index (χ0v) is 12.4. The number of methoxy groups -OCH3 is 1. The highest BCUT2D eigenvalue weighted by atomic mass is 32.2. The van der Waals surface area contributed by atoms with Crippen molar-refractivity contribution in [1.82, 2.24) is 0 Å². The van der Waals surface area contributed by atoms with E-state index in [1.807, 2.05) is 12.1 Å². The van der Waals surface area contributed by atoms with Gasteiger partial charge in [-0.15, -0.1) is 0 Å². The number of anilines is 1. The van der Waals surface area contributed by atoms with Crippen LogP contribution in [0.25, 0.3) is 0 Å². The number of hydrogen-bond acceptors (Lipinski definition) is 4. The SMILES string of the molecule is COCC(Nc1ccc(CS(N)(=O)=O)cc1)C(C)C. The molecule has 0 radical (unpaired) electrons. The summed E-state index contributed by atoms with van der Waals surface area (Å²) in [5.74, 6) is 0.294. The van der Waals surface area contributed by atoms with Gasteiger partial charge in [-0.05, 0) is 23.6 Å². The molecule has 0 aliphatic heterocycles. The van der Waals surface area contributed by atoms with Crippen molar-refractivity contribution >= 4 is 15.7 Å². The van der Waals surface area contributed by atoms with Crippen LogP contribution in [0.4, 0.5) is 5.69 Å². The van der Waals surface area contributed by atoms with Crippen LogP contribution in [0.3, 0.4) is 0 Å². The van der Waals surface area contributed by atoms with Crippen LogP contribution in [0, 0.1) is 5.92 Å².